The van der Waals surface area contributed by atoms with Gasteiger partial charge in [-0.3, -0.25) is 9.59 Å². The van der Waals surface area contributed by atoms with Crippen molar-refractivity contribution in [2.45, 2.75) is 40.0 Å². The molecule has 0 aliphatic heterocycles. The molecule has 21 heavy (non-hydrogen) atoms. The average molecular weight is 291 g/mol. The van der Waals surface area contributed by atoms with Crippen molar-refractivity contribution in [3.8, 4) is 0 Å². The van der Waals surface area contributed by atoms with E-state index in [1.807, 2.05) is 31.2 Å². The number of benzene rings is 1. The van der Waals surface area contributed by atoms with Crippen LogP contribution in [-0.4, -0.2) is 23.5 Å². The van der Waals surface area contributed by atoms with Gasteiger partial charge in [0.25, 0.3) is 0 Å². The van der Waals surface area contributed by atoms with Crippen LogP contribution in [0, 0.1) is 18.8 Å². The van der Waals surface area contributed by atoms with Crippen LogP contribution in [0.1, 0.15) is 37.8 Å². The minimum absolute atomic E-state index is 0.00975. The first-order valence-corrected chi connectivity index (χ1v) is 7.41. The molecule has 4 heteroatoms. The Morgan fingerprint density at radius 3 is 2.33 bits per heavy atom. The SMILES string of the molecule is Cc1ccc(CC(=O)NC[C@H](CC(=O)O)CC(C)C)cc1. The molecule has 0 unspecified atom stereocenters. The molecule has 0 saturated carbocycles. The van der Waals surface area contributed by atoms with E-state index in [4.69, 9.17) is 5.11 Å². The minimum Gasteiger partial charge on any atom is -0.481 e. The summed E-state index contributed by atoms with van der Waals surface area (Å²) in [4.78, 5) is 22.8. The fourth-order valence-corrected chi connectivity index (χ4v) is 2.36. The lowest BCUT2D eigenvalue weighted by atomic mass is 9.94. The number of nitrogens with one attached hydrogen (secondary N) is 1. The molecule has 0 fully saturated rings. The fourth-order valence-electron chi connectivity index (χ4n) is 2.36. The number of rotatable bonds is 8. The van der Waals surface area contributed by atoms with Crippen molar-refractivity contribution >= 4 is 11.9 Å². The maximum absolute atomic E-state index is 11.9. The summed E-state index contributed by atoms with van der Waals surface area (Å²) in [6.45, 7) is 6.55. The van der Waals surface area contributed by atoms with Crippen LogP contribution in [0.25, 0.3) is 0 Å². The Morgan fingerprint density at radius 1 is 1.19 bits per heavy atom. The molecule has 2 N–H and O–H groups in total. The number of carboxylic acid groups (broad SMARTS) is 1. The third kappa shape index (κ3) is 7.49. The van der Waals surface area contributed by atoms with Crippen LogP contribution in [0.5, 0.6) is 0 Å². The highest BCUT2D eigenvalue weighted by Crippen LogP contribution is 2.14. The second-order valence-electron chi connectivity index (χ2n) is 6.06. The fraction of sp³-hybridized carbons (Fsp3) is 0.529. The number of carbonyl (C=O) groups is 2. The highest BCUT2D eigenvalue weighted by atomic mass is 16.4. The van der Waals surface area contributed by atoms with Gasteiger partial charge in [0.1, 0.15) is 0 Å². The Balaban J connectivity index is 2.44. The highest BCUT2D eigenvalue weighted by molar-refractivity contribution is 5.78. The van der Waals surface area contributed by atoms with E-state index in [1.54, 1.807) is 0 Å². The van der Waals surface area contributed by atoms with E-state index in [2.05, 4.69) is 19.2 Å². The van der Waals surface area contributed by atoms with Crippen LogP contribution in [0.3, 0.4) is 0 Å². The Bertz CT molecular complexity index is 465. The number of hydrogen-bond acceptors (Lipinski definition) is 2. The quantitative estimate of drug-likeness (QED) is 0.774. The van der Waals surface area contributed by atoms with Crippen molar-refractivity contribution in [2.75, 3.05) is 6.54 Å². The molecule has 0 aromatic heterocycles. The van der Waals surface area contributed by atoms with E-state index in [1.165, 1.54) is 0 Å². The summed E-state index contributed by atoms with van der Waals surface area (Å²) in [6, 6.07) is 7.85. The summed E-state index contributed by atoms with van der Waals surface area (Å²) >= 11 is 0. The van der Waals surface area contributed by atoms with E-state index >= 15 is 0 Å². The molecule has 1 rings (SSSR count). The van der Waals surface area contributed by atoms with Gasteiger partial charge >= 0.3 is 5.97 Å². The second-order valence-corrected chi connectivity index (χ2v) is 6.06. The lowest BCUT2D eigenvalue weighted by Gasteiger charge is -2.17. The molecule has 116 valence electrons. The first-order valence-electron chi connectivity index (χ1n) is 7.41. The van der Waals surface area contributed by atoms with Gasteiger partial charge in [-0.25, -0.2) is 0 Å². The number of carboxylic acids is 1. The molecular weight excluding hydrogens is 266 g/mol. The molecule has 0 aliphatic carbocycles. The Kier molecular flexibility index (Phi) is 6.92. The Morgan fingerprint density at radius 2 is 1.81 bits per heavy atom. The monoisotopic (exact) mass is 291 g/mol. The predicted molar refractivity (Wildman–Crippen MR) is 83.1 cm³/mol. The van der Waals surface area contributed by atoms with E-state index in [-0.39, 0.29) is 18.2 Å². The van der Waals surface area contributed by atoms with Gasteiger partial charge in [0.05, 0.1) is 6.42 Å². The molecule has 4 nitrogen and oxygen atoms in total. The van der Waals surface area contributed by atoms with Gasteiger partial charge < -0.3 is 10.4 Å². The lowest BCUT2D eigenvalue weighted by molar-refractivity contribution is -0.138. The summed E-state index contributed by atoms with van der Waals surface area (Å²) in [5.41, 5.74) is 2.13. The number of aliphatic carboxylic acids is 1. The van der Waals surface area contributed by atoms with Gasteiger partial charge in [0, 0.05) is 13.0 Å². The molecular formula is C17H25NO3. The Hall–Kier alpha value is -1.84. The summed E-state index contributed by atoms with van der Waals surface area (Å²) < 4.78 is 0. The van der Waals surface area contributed by atoms with Crippen LogP contribution in [0.4, 0.5) is 0 Å². The van der Waals surface area contributed by atoms with Gasteiger partial charge in [-0.1, -0.05) is 43.7 Å². The Labute approximate surface area is 126 Å². The molecule has 0 radical (unpaired) electrons. The van der Waals surface area contributed by atoms with Crippen LogP contribution in [0.15, 0.2) is 24.3 Å². The molecule has 1 aromatic rings. The average Bonchev–Trinajstić information content (AvgIpc) is 2.37. The largest absolute Gasteiger partial charge is 0.481 e. The van der Waals surface area contributed by atoms with Crippen molar-refractivity contribution in [2.24, 2.45) is 11.8 Å². The van der Waals surface area contributed by atoms with E-state index in [0.717, 1.165) is 17.5 Å². The molecule has 0 bridgehead atoms. The number of carbonyl (C=O) groups excluding carboxylic acids is 1. The molecule has 0 spiro atoms. The summed E-state index contributed by atoms with van der Waals surface area (Å²) in [5.74, 6) is -0.459. The van der Waals surface area contributed by atoms with Crippen molar-refractivity contribution < 1.29 is 14.7 Å². The zero-order chi connectivity index (χ0) is 15.8. The summed E-state index contributed by atoms with van der Waals surface area (Å²) in [7, 11) is 0. The topological polar surface area (TPSA) is 66.4 Å². The van der Waals surface area contributed by atoms with E-state index in [9.17, 15) is 9.59 Å². The zero-order valence-electron chi connectivity index (χ0n) is 13.1. The standard InChI is InChI=1S/C17H25NO3/c1-12(2)8-15(10-17(20)21)11-18-16(19)9-14-6-4-13(3)5-7-14/h4-7,12,15H,8-11H2,1-3H3,(H,18,19)(H,20,21)/t15-/m0/s1. The van der Waals surface area contributed by atoms with Crippen molar-refractivity contribution in [1.82, 2.24) is 5.32 Å². The summed E-state index contributed by atoms with van der Waals surface area (Å²) in [6.07, 6.45) is 1.24. The van der Waals surface area contributed by atoms with Crippen LogP contribution < -0.4 is 5.32 Å². The minimum atomic E-state index is -0.812. The van der Waals surface area contributed by atoms with Gasteiger partial charge in [0.2, 0.25) is 5.91 Å². The van der Waals surface area contributed by atoms with Gasteiger partial charge in [0.15, 0.2) is 0 Å². The molecule has 0 aliphatic rings. The van der Waals surface area contributed by atoms with Crippen LogP contribution in [-0.2, 0) is 16.0 Å². The lowest BCUT2D eigenvalue weighted by Crippen LogP contribution is -2.32. The normalized spacial score (nSPS) is 12.2. The number of amides is 1. The second kappa shape index (κ2) is 8.45. The van der Waals surface area contributed by atoms with Crippen LogP contribution in [0.2, 0.25) is 0 Å². The predicted octanol–water partition coefficient (Wildman–Crippen LogP) is 2.79. The first kappa shape index (κ1) is 17.2. The number of aryl methyl sites for hydroxylation is 1. The van der Waals surface area contributed by atoms with Crippen molar-refractivity contribution in [1.29, 1.82) is 0 Å². The van der Waals surface area contributed by atoms with Crippen molar-refractivity contribution in [3.63, 3.8) is 0 Å². The van der Waals surface area contributed by atoms with Gasteiger partial charge in [-0.05, 0) is 30.7 Å². The maximum Gasteiger partial charge on any atom is 0.303 e. The van der Waals surface area contributed by atoms with E-state index in [0.29, 0.717) is 18.9 Å². The van der Waals surface area contributed by atoms with Crippen LogP contribution >= 0.6 is 0 Å². The molecule has 0 heterocycles. The third-order valence-electron chi connectivity index (χ3n) is 3.34. The highest BCUT2D eigenvalue weighted by Gasteiger charge is 2.16. The third-order valence-corrected chi connectivity index (χ3v) is 3.34. The number of hydrogen-bond donors (Lipinski definition) is 2. The molecule has 1 amide bonds. The molecule has 0 saturated heterocycles. The van der Waals surface area contributed by atoms with Gasteiger partial charge in [-0.15, -0.1) is 0 Å². The van der Waals surface area contributed by atoms with Crippen molar-refractivity contribution in [3.05, 3.63) is 35.4 Å². The van der Waals surface area contributed by atoms with E-state index < -0.39 is 5.97 Å². The molecule has 1 aromatic carbocycles. The zero-order valence-corrected chi connectivity index (χ0v) is 13.1. The smallest absolute Gasteiger partial charge is 0.303 e. The summed E-state index contributed by atoms with van der Waals surface area (Å²) in [5, 5.41) is 11.8. The maximum atomic E-state index is 11.9. The first-order chi connectivity index (χ1) is 9.86. The molecule has 1 atom stereocenters. The van der Waals surface area contributed by atoms with Gasteiger partial charge in [-0.2, -0.15) is 0 Å².